The Morgan fingerprint density at radius 2 is 1.68 bits per heavy atom. The predicted molar refractivity (Wildman–Crippen MR) is 155 cm³/mol. The van der Waals surface area contributed by atoms with Crippen molar-refractivity contribution in [3.05, 3.63) is 87.9 Å². The number of amides is 2. The van der Waals surface area contributed by atoms with Crippen LogP contribution in [0.2, 0.25) is 10.0 Å². The van der Waals surface area contributed by atoms with E-state index in [2.05, 4.69) is 5.32 Å². The number of rotatable bonds is 10. The lowest BCUT2D eigenvalue weighted by molar-refractivity contribution is -0.139. The van der Waals surface area contributed by atoms with Crippen molar-refractivity contribution >= 4 is 50.7 Å². The van der Waals surface area contributed by atoms with Crippen LogP contribution in [-0.4, -0.2) is 64.2 Å². The molecule has 2 amide bonds. The van der Waals surface area contributed by atoms with Crippen LogP contribution in [0.25, 0.3) is 0 Å². The Morgan fingerprint density at radius 3 is 2.33 bits per heavy atom. The quantitative estimate of drug-likeness (QED) is 0.375. The Kier molecular flexibility index (Phi) is 9.44. The number of nitrogens with one attached hydrogen (secondary N) is 1. The third kappa shape index (κ3) is 7.18. The molecule has 9 nitrogen and oxygen atoms in total. The van der Waals surface area contributed by atoms with Gasteiger partial charge >= 0.3 is 0 Å². The van der Waals surface area contributed by atoms with Crippen molar-refractivity contribution in [1.82, 2.24) is 10.2 Å². The standard InChI is InChI=1S/C28H29Cl2N3O6S/c1-31-28(35)24(14-19-6-4-3-5-7-19)32(17-20-8-9-21(29)15-23(20)30)27(34)18-33(40(2,36)37)22-10-11-25-26(16-22)39-13-12-38-25/h3-11,15-16,24H,12-14,17-18H2,1-2H3,(H,31,35)/t24-/m1/s1. The van der Waals surface area contributed by atoms with Gasteiger partial charge in [-0.25, -0.2) is 8.42 Å². The number of hydrogen-bond donors (Lipinski definition) is 1. The number of anilines is 1. The topological polar surface area (TPSA) is 105 Å². The van der Waals surface area contributed by atoms with Gasteiger partial charge < -0.3 is 19.7 Å². The Balaban J connectivity index is 1.73. The highest BCUT2D eigenvalue weighted by Crippen LogP contribution is 2.35. The van der Waals surface area contributed by atoms with Crippen LogP contribution in [0.1, 0.15) is 11.1 Å². The van der Waals surface area contributed by atoms with E-state index in [1.807, 2.05) is 30.3 Å². The molecule has 0 radical (unpaired) electrons. The van der Waals surface area contributed by atoms with Crippen LogP contribution >= 0.6 is 23.2 Å². The van der Waals surface area contributed by atoms with Crippen molar-refractivity contribution < 1.29 is 27.5 Å². The molecule has 0 spiro atoms. The first kappa shape index (κ1) is 29.5. The van der Waals surface area contributed by atoms with Gasteiger partial charge in [0, 0.05) is 36.1 Å². The second-order valence-electron chi connectivity index (χ2n) is 9.17. The van der Waals surface area contributed by atoms with Crippen LogP contribution in [-0.2, 0) is 32.6 Å². The van der Waals surface area contributed by atoms with E-state index in [1.165, 1.54) is 18.0 Å². The molecule has 1 atom stereocenters. The summed E-state index contributed by atoms with van der Waals surface area (Å²) in [6.45, 7) is 0.0762. The maximum atomic E-state index is 14.0. The van der Waals surface area contributed by atoms with E-state index >= 15 is 0 Å². The van der Waals surface area contributed by atoms with E-state index in [0.29, 0.717) is 40.3 Å². The van der Waals surface area contributed by atoms with Gasteiger partial charge in [-0.1, -0.05) is 59.6 Å². The van der Waals surface area contributed by atoms with Gasteiger partial charge in [0.05, 0.1) is 11.9 Å². The molecule has 1 aliphatic rings. The SMILES string of the molecule is CNC(=O)[C@@H](Cc1ccccc1)N(Cc1ccc(Cl)cc1Cl)C(=O)CN(c1ccc2c(c1)OCCO2)S(C)(=O)=O. The summed E-state index contributed by atoms with van der Waals surface area (Å²) in [5.74, 6) is -0.151. The first-order valence-electron chi connectivity index (χ1n) is 12.4. The maximum Gasteiger partial charge on any atom is 0.244 e. The highest BCUT2D eigenvalue weighted by Gasteiger charge is 2.33. The average Bonchev–Trinajstić information content (AvgIpc) is 2.93. The summed E-state index contributed by atoms with van der Waals surface area (Å²) in [4.78, 5) is 28.5. The Labute approximate surface area is 243 Å². The molecule has 0 fully saturated rings. The Morgan fingerprint density at radius 1 is 0.975 bits per heavy atom. The van der Waals surface area contributed by atoms with Gasteiger partial charge in [-0.2, -0.15) is 0 Å². The summed E-state index contributed by atoms with van der Waals surface area (Å²) in [5.41, 5.74) is 1.60. The molecule has 3 aromatic carbocycles. The van der Waals surface area contributed by atoms with E-state index in [-0.39, 0.29) is 18.7 Å². The number of fused-ring (bicyclic) bond motifs is 1. The van der Waals surface area contributed by atoms with E-state index < -0.39 is 34.4 Å². The number of nitrogens with zero attached hydrogens (tertiary/aromatic N) is 2. The van der Waals surface area contributed by atoms with Gasteiger partial charge in [-0.3, -0.25) is 13.9 Å². The van der Waals surface area contributed by atoms with Crippen LogP contribution in [0.5, 0.6) is 11.5 Å². The number of benzene rings is 3. The van der Waals surface area contributed by atoms with Gasteiger partial charge in [-0.15, -0.1) is 0 Å². The summed E-state index contributed by atoms with van der Waals surface area (Å²) in [6.07, 6.45) is 1.21. The highest BCUT2D eigenvalue weighted by atomic mass is 35.5. The van der Waals surface area contributed by atoms with Gasteiger partial charge in [0.2, 0.25) is 21.8 Å². The lowest BCUT2D eigenvalue weighted by Gasteiger charge is -2.33. The molecule has 40 heavy (non-hydrogen) atoms. The second kappa shape index (κ2) is 12.8. The molecule has 212 valence electrons. The van der Waals surface area contributed by atoms with Crippen molar-refractivity contribution in [2.24, 2.45) is 0 Å². The fraction of sp³-hybridized carbons (Fsp3) is 0.286. The number of ether oxygens (including phenoxy) is 2. The van der Waals surface area contributed by atoms with Crippen molar-refractivity contribution in [1.29, 1.82) is 0 Å². The van der Waals surface area contributed by atoms with Crippen LogP contribution in [0.15, 0.2) is 66.7 Å². The minimum atomic E-state index is -3.92. The molecule has 0 saturated heterocycles. The fourth-order valence-corrected chi connectivity index (χ4v) is 5.66. The molecule has 3 aromatic rings. The number of hydrogen-bond acceptors (Lipinski definition) is 6. The highest BCUT2D eigenvalue weighted by molar-refractivity contribution is 7.92. The smallest absolute Gasteiger partial charge is 0.244 e. The zero-order valence-corrected chi connectivity index (χ0v) is 24.3. The fourth-order valence-electron chi connectivity index (χ4n) is 4.35. The van der Waals surface area contributed by atoms with Crippen molar-refractivity contribution in [3.63, 3.8) is 0 Å². The van der Waals surface area contributed by atoms with E-state index in [4.69, 9.17) is 32.7 Å². The molecule has 4 rings (SSSR count). The van der Waals surface area contributed by atoms with E-state index in [1.54, 1.807) is 30.3 Å². The van der Waals surface area contributed by atoms with Crippen LogP contribution < -0.4 is 19.1 Å². The van der Waals surface area contributed by atoms with Gasteiger partial charge in [0.25, 0.3) is 0 Å². The Bertz CT molecular complexity index is 1490. The molecule has 12 heteroatoms. The number of halogens is 2. The molecule has 0 bridgehead atoms. The lowest BCUT2D eigenvalue weighted by atomic mass is 10.0. The number of sulfonamides is 1. The lowest BCUT2D eigenvalue weighted by Crippen LogP contribution is -2.52. The minimum Gasteiger partial charge on any atom is -0.486 e. The first-order chi connectivity index (χ1) is 19.1. The molecule has 1 heterocycles. The largest absolute Gasteiger partial charge is 0.486 e. The summed E-state index contributed by atoms with van der Waals surface area (Å²) in [6, 6.07) is 17.8. The van der Waals surface area contributed by atoms with E-state index in [0.717, 1.165) is 16.1 Å². The summed E-state index contributed by atoms with van der Waals surface area (Å²) >= 11 is 12.5. The third-order valence-electron chi connectivity index (χ3n) is 6.37. The molecule has 0 unspecified atom stereocenters. The van der Waals surface area contributed by atoms with Crippen molar-refractivity contribution in [2.75, 3.05) is 37.4 Å². The monoisotopic (exact) mass is 605 g/mol. The van der Waals surface area contributed by atoms with Crippen molar-refractivity contribution in [2.45, 2.75) is 19.0 Å². The number of likely N-dealkylation sites (N-methyl/N-ethyl adjacent to an activating group) is 1. The maximum absolute atomic E-state index is 14.0. The van der Waals surface area contributed by atoms with Gasteiger partial charge in [0.15, 0.2) is 11.5 Å². The molecule has 1 N–H and O–H groups in total. The van der Waals surface area contributed by atoms with Crippen LogP contribution in [0.4, 0.5) is 5.69 Å². The normalized spacial score (nSPS) is 13.3. The average molecular weight is 607 g/mol. The number of carbonyl (C=O) groups excluding carboxylic acids is 2. The van der Waals surface area contributed by atoms with Crippen LogP contribution in [0.3, 0.4) is 0 Å². The van der Waals surface area contributed by atoms with E-state index in [9.17, 15) is 18.0 Å². The van der Waals surface area contributed by atoms with Gasteiger partial charge in [0.1, 0.15) is 25.8 Å². The summed E-state index contributed by atoms with van der Waals surface area (Å²) in [5, 5.41) is 3.36. The molecular formula is C28H29Cl2N3O6S. The second-order valence-corrected chi connectivity index (χ2v) is 11.9. The zero-order valence-electron chi connectivity index (χ0n) is 22.0. The summed E-state index contributed by atoms with van der Waals surface area (Å²) < 4.78 is 38.0. The zero-order chi connectivity index (χ0) is 28.9. The van der Waals surface area contributed by atoms with Crippen molar-refractivity contribution in [3.8, 4) is 11.5 Å². The van der Waals surface area contributed by atoms with Crippen LogP contribution in [0, 0.1) is 0 Å². The molecule has 0 aliphatic carbocycles. The molecule has 1 aliphatic heterocycles. The predicted octanol–water partition coefficient (Wildman–Crippen LogP) is 3.92. The first-order valence-corrected chi connectivity index (χ1v) is 15.0. The van der Waals surface area contributed by atoms with Gasteiger partial charge in [-0.05, 0) is 35.4 Å². The molecular weight excluding hydrogens is 577 g/mol. The minimum absolute atomic E-state index is 0.0570. The molecule has 0 saturated carbocycles. The third-order valence-corrected chi connectivity index (χ3v) is 8.09. The molecule has 0 aromatic heterocycles. The summed E-state index contributed by atoms with van der Waals surface area (Å²) in [7, 11) is -2.44. The number of carbonyl (C=O) groups is 2. The Hall–Kier alpha value is -3.47.